The summed E-state index contributed by atoms with van der Waals surface area (Å²) < 4.78 is 5.83. The van der Waals surface area contributed by atoms with Crippen LogP contribution in [0.4, 0.5) is 11.5 Å². The van der Waals surface area contributed by atoms with Crippen LogP contribution in [0.15, 0.2) is 66.9 Å². The fraction of sp³-hybridized carbons (Fsp3) is 0.0500. The van der Waals surface area contributed by atoms with Crippen LogP contribution < -0.4 is 15.4 Å². The molecule has 0 atom stereocenters. The summed E-state index contributed by atoms with van der Waals surface area (Å²) in [6.45, 7) is 1.37. The lowest BCUT2D eigenvalue weighted by Gasteiger charge is -2.13. The third kappa shape index (κ3) is 5.05. The van der Waals surface area contributed by atoms with Crippen molar-refractivity contribution in [2.24, 2.45) is 0 Å². The summed E-state index contributed by atoms with van der Waals surface area (Å²) >= 11 is 6.07. The number of halogens is 1. The van der Waals surface area contributed by atoms with Crippen molar-refractivity contribution in [1.29, 1.82) is 0 Å². The van der Waals surface area contributed by atoms with Crippen LogP contribution in [0.2, 0.25) is 5.02 Å². The van der Waals surface area contributed by atoms with Crippen LogP contribution in [0.3, 0.4) is 0 Å². The Kier molecular flexibility index (Phi) is 5.68. The molecule has 1 aromatic heterocycles. The van der Waals surface area contributed by atoms with Gasteiger partial charge in [0, 0.05) is 23.7 Å². The second-order valence-corrected chi connectivity index (χ2v) is 6.06. The number of para-hydroxylation sites is 1. The maximum atomic E-state index is 12.6. The standard InChI is InChI=1S/C20H16ClN3O3/c1-13(25)23-19-11-14(9-10-22-19)20(26)24-17-12-15(21)7-8-18(17)27-16-5-3-2-4-6-16/h2-12H,1H3,(H,24,26)(H,22,23,25). The van der Waals surface area contributed by atoms with E-state index in [2.05, 4.69) is 15.6 Å². The number of anilines is 2. The third-order valence-electron chi connectivity index (χ3n) is 3.49. The van der Waals surface area contributed by atoms with E-state index in [1.54, 1.807) is 24.3 Å². The third-order valence-corrected chi connectivity index (χ3v) is 3.72. The summed E-state index contributed by atoms with van der Waals surface area (Å²) in [5.41, 5.74) is 0.758. The molecule has 2 aromatic carbocycles. The monoisotopic (exact) mass is 381 g/mol. The molecule has 0 radical (unpaired) electrons. The van der Waals surface area contributed by atoms with Gasteiger partial charge >= 0.3 is 0 Å². The van der Waals surface area contributed by atoms with E-state index in [0.29, 0.717) is 33.6 Å². The molecule has 3 rings (SSSR count). The predicted molar refractivity (Wildman–Crippen MR) is 104 cm³/mol. The van der Waals surface area contributed by atoms with Crippen molar-refractivity contribution in [2.75, 3.05) is 10.6 Å². The number of hydrogen-bond donors (Lipinski definition) is 2. The van der Waals surface area contributed by atoms with E-state index in [4.69, 9.17) is 16.3 Å². The van der Waals surface area contributed by atoms with Gasteiger partial charge in [-0.25, -0.2) is 4.98 Å². The number of hydrogen-bond acceptors (Lipinski definition) is 4. The maximum absolute atomic E-state index is 12.6. The molecule has 0 unspecified atom stereocenters. The first-order valence-electron chi connectivity index (χ1n) is 8.09. The van der Waals surface area contributed by atoms with E-state index in [1.807, 2.05) is 30.3 Å². The zero-order valence-electron chi connectivity index (χ0n) is 14.4. The van der Waals surface area contributed by atoms with Crippen molar-refractivity contribution >= 4 is 34.9 Å². The molecule has 0 aliphatic carbocycles. The maximum Gasteiger partial charge on any atom is 0.255 e. The summed E-state index contributed by atoms with van der Waals surface area (Å²) in [6, 6.07) is 17.2. The highest BCUT2D eigenvalue weighted by molar-refractivity contribution is 6.31. The van der Waals surface area contributed by atoms with Gasteiger partial charge in [-0.15, -0.1) is 0 Å². The zero-order chi connectivity index (χ0) is 19.2. The zero-order valence-corrected chi connectivity index (χ0v) is 15.2. The van der Waals surface area contributed by atoms with Gasteiger partial charge in [-0.1, -0.05) is 29.8 Å². The summed E-state index contributed by atoms with van der Waals surface area (Å²) in [5.74, 6) is 0.724. The van der Waals surface area contributed by atoms with Crippen LogP contribution in [0.5, 0.6) is 11.5 Å². The molecule has 0 aliphatic heterocycles. The van der Waals surface area contributed by atoms with E-state index in [0.717, 1.165) is 0 Å². The number of nitrogens with one attached hydrogen (secondary N) is 2. The van der Waals surface area contributed by atoms with Gasteiger partial charge in [-0.3, -0.25) is 9.59 Å². The van der Waals surface area contributed by atoms with Crippen LogP contribution in [0.25, 0.3) is 0 Å². The van der Waals surface area contributed by atoms with Gasteiger partial charge in [0.15, 0.2) is 5.75 Å². The van der Waals surface area contributed by atoms with E-state index >= 15 is 0 Å². The van der Waals surface area contributed by atoms with Gasteiger partial charge in [-0.05, 0) is 42.5 Å². The Morgan fingerprint density at radius 3 is 2.52 bits per heavy atom. The fourth-order valence-electron chi connectivity index (χ4n) is 2.32. The first-order valence-corrected chi connectivity index (χ1v) is 8.46. The molecule has 0 fully saturated rings. The molecule has 0 saturated heterocycles. The molecular weight excluding hydrogens is 366 g/mol. The Hall–Kier alpha value is -3.38. The first kappa shape index (κ1) is 18.4. The Morgan fingerprint density at radius 2 is 1.78 bits per heavy atom. The number of nitrogens with zero attached hydrogens (tertiary/aromatic N) is 1. The highest BCUT2D eigenvalue weighted by Gasteiger charge is 2.13. The second kappa shape index (κ2) is 8.33. The topological polar surface area (TPSA) is 80.3 Å². The lowest BCUT2D eigenvalue weighted by atomic mass is 10.2. The van der Waals surface area contributed by atoms with Crippen molar-refractivity contribution in [1.82, 2.24) is 4.98 Å². The van der Waals surface area contributed by atoms with Gasteiger partial charge in [0.05, 0.1) is 5.69 Å². The van der Waals surface area contributed by atoms with Crippen LogP contribution in [-0.4, -0.2) is 16.8 Å². The Labute approximate surface area is 161 Å². The molecule has 1 heterocycles. The molecule has 136 valence electrons. The lowest BCUT2D eigenvalue weighted by molar-refractivity contribution is -0.114. The average molecular weight is 382 g/mol. The van der Waals surface area contributed by atoms with E-state index in [-0.39, 0.29) is 11.8 Å². The minimum atomic E-state index is -0.385. The molecule has 0 spiro atoms. The normalized spacial score (nSPS) is 10.1. The molecular formula is C20H16ClN3O3. The predicted octanol–water partition coefficient (Wildman–Crippen LogP) is 4.74. The molecule has 0 bridgehead atoms. The molecule has 2 N–H and O–H groups in total. The molecule has 27 heavy (non-hydrogen) atoms. The molecule has 0 saturated carbocycles. The second-order valence-electron chi connectivity index (χ2n) is 5.62. The summed E-state index contributed by atoms with van der Waals surface area (Å²) in [5, 5.41) is 5.78. The number of pyridine rings is 1. The van der Waals surface area contributed by atoms with Gasteiger partial charge < -0.3 is 15.4 Å². The molecule has 7 heteroatoms. The number of aromatic nitrogens is 1. The summed E-state index contributed by atoms with van der Waals surface area (Å²) in [6.07, 6.45) is 1.44. The van der Waals surface area contributed by atoms with Gasteiger partial charge in [0.25, 0.3) is 5.91 Å². The fourth-order valence-corrected chi connectivity index (χ4v) is 2.49. The van der Waals surface area contributed by atoms with Gasteiger partial charge in [-0.2, -0.15) is 0 Å². The minimum absolute atomic E-state index is 0.270. The van der Waals surface area contributed by atoms with Crippen molar-refractivity contribution < 1.29 is 14.3 Å². The SMILES string of the molecule is CC(=O)Nc1cc(C(=O)Nc2cc(Cl)ccc2Oc2ccccc2)ccn1. The number of amides is 2. The van der Waals surface area contributed by atoms with Crippen molar-refractivity contribution in [3.63, 3.8) is 0 Å². The van der Waals surface area contributed by atoms with E-state index in [1.165, 1.54) is 19.2 Å². The van der Waals surface area contributed by atoms with Crippen LogP contribution in [0.1, 0.15) is 17.3 Å². The van der Waals surface area contributed by atoms with E-state index < -0.39 is 0 Å². The molecule has 0 aliphatic rings. The van der Waals surface area contributed by atoms with Crippen LogP contribution in [-0.2, 0) is 4.79 Å². The molecule has 3 aromatic rings. The smallest absolute Gasteiger partial charge is 0.255 e. The number of benzene rings is 2. The quantitative estimate of drug-likeness (QED) is 0.669. The number of ether oxygens (including phenoxy) is 1. The van der Waals surface area contributed by atoms with Gasteiger partial charge in [0.2, 0.25) is 5.91 Å². The van der Waals surface area contributed by atoms with Gasteiger partial charge in [0.1, 0.15) is 11.6 Å². The average Bonchev–Trinajstić information content (AvgIpc) is 2.64. The van der Waals surface area contributed by atoms with E-state index in [9.17, 15) is 9.59 Å². The highest BCUT2D eigenvalue weighted by Crippen LogP contribution is 2.32. The minimum Gasteiger partial charge on any atom is -0.455 e. The Balaban J connectivity index is 1.83. The van der Waals surface area contributed by atoms with Crippen molar-refractivity contribution in [3.05, 3.63) is 77.4 Å². The Morgan fingerprint density at radius 1 is 1.00 bits per heavy atom. The number of rotatable bonds is 5. The number of carbonyl (C=O) groups is 2. The summed E-state index contributed by atoms with van der Waals surface area (Å²) in [7, 11) is 0. The van der Waals surface area contributed by atoms with Crippen LogP contribution in [0, 0.1) is 0 Å². The first-order chi connectivity index (χ1) is 13.0. The van der Waals surface area contributed by atoms with Crippen molar-refractivity contribution in [3.8, 4) is 11.5 Å². The summed E-state index contributed by atoms with van der Waals surface area (Å²) in [4.78, 5) is 27.8. The van der Waals surface area contributed by atoms with Crippen molar-refractivity contribution in [2.45, 2.75) is 6.92 Å². The Bertz CT molecular complexity index is 977. The molecule has 2 amide bonds. The van der Waals surface area contributed by atoms with Crippen LogP contribution >= 0.6 is 11.6 Å². The largest absolute Gasteiger partial charge is 0.455 e. The highest BCUT2D eigenvalue weighted by atomic mass is 35.5. The molecule has 6 nitrogen and oxygen atoms in total. The number of carbonyl (C=O) groups excluding carboxylic acids is 2. The lowest BCUT2D eigenvalue weighted by Crippen LogP contribution is -2.14.